The van der Waals surface area contributed by atoms with Crippen LogP contribution < -0.4 is 5.32 Å². The Bertz CT molecular complexity index is 350. The normalized spacial score (nSPS) is 20.9. The van der Waals surface area contributed by atoms with Gasteiger partial charge in [-0.3, -0.25) is 4.90 Å². The third-order valence-electron chi connectivity index (χ3n) is 2.72. The van der Waals surface area contributed by atoms with Crippen molar-refractivity contribution in [3.05, 3.63) is 23.0 Å². The molecular weight excluding hydrogens is 224 g/mol. The van der Waals surface area contributed by atoms with Gasteiger partial charge in [0.15, 0.2) is 5.15 Å². The first-order valence-corrected chi connectivity index (χ1v) is 5.88. The van der Waals surface area contributed by atoms with Gasteiger partial charge in [-0.25, -0.2) is 0 Å². The van der Waals surface area contributed by atoms with Gasteiger partial charge in [-0.2, -0.15) is 5.10 Å². The second kappa shape index (κ2) is 4.65. The van der Waals surface area contributed by atoms with Crippen LogP contribution in [0.5, 0.6) is 0 Å². The minimum Gasteiger partial charge on any atom is -0.309 e. The molecule has 0 saturated carbocycles. The van der Waals surface area contributed by atoms with Crippen LogP contribution in [0, 0.1) is 0 Å². The van der Waals surface area contributed by atoms with Crippen molar-refractivity contribution in [3.8, 4) is 0 Å². The second-order valence-electron chi connectivity index (χ2n) is 4.87. The second-order valence-corrected chi connectivity index (χ2v) is 5.26. The van der Waals surface area contributed by atoms with Crippen LogP contribution in [0.3, 0.4) is 0 Å². The summed E-state index contributed by atoms with van der Waals surface area (Å²) in [6.07, 6.45) is 0. The molecule has 0 aliphatic carbocycles. The molecular formula is C11H17ClN4. The Hall–Kier alpha value is -0.710. The number of piperazine rings is 1. The molecule has 0 bridgehead atoms. The molecule has 5 heteroatoms. The van der Waals surface area contributed by atoms with E-state index in [9.17, 15) is 0 Å². The number of hydrogen-bond donors (Lipinski definition) is 1. The van der Waals surface area contributed by atoms with Crippen LogP contribution in [0.1, 0.15) is 19.5 Å². The van der Waals surface area contributed by atoms with Crippen molar-refractivity contribution >= 4 is 11.6 Å². The van der Waals surface area contributed by atoms with Gasteiger partial charge in [-0.15, -0.1) is 5.10 Å². The Balaban J connectivity index is 1.97. The van der Waals surface area contributed by atoms with E-state index >= 15 is 0 Å². The van der Waals surface area contributed by atoms with Crippen molar-refractivity contribution in [2.75, 3.05) is 19.6 Å². The van der Waals surface area contributed by atoms with Gasteiger partial charge < -0.3 is 5.32 Å². The Morgan fingerprint density at radius 2 is 2.25 bits per heavy atom. The average molecular weight is 241 g/mol. The summed E-state index contributed by atoms with van der Waals surface area (Å²) in [4.78, 5) is 2.38. The number of halogens is 1. The van der Waals surface area contributed by atoms with E-state index in [1.165, 1.54) is 0 Å². The third-order valence-corrected chi connectivity index (χ3v) is 2.92. The van der Waals surface area contributed by atoms with Gasteiger partial charge >= 0.3 is 0 Å². The Morgan fingerprint density at radius 3 is 2.88 bits per heavy atom. The SMILES string of the molecule is CC1(C)CN(Cc2ccc(Cl)nn2)CCN1. The maximum atomic E-state index is 5.70. The topological polar surface area (TPSA) is 41.1 Å². The zero-order valence-corrected chi connectivity index (χ0v) is 10.5. The van der Waals surface area contributed by atoms with Crippen LogP contribution in [0.25, 0.3) is 0 Å². The maximum absolute atomic E-state index is 5.70. The number of nitrogens with one attached hydrogen (secondary N) is 1. The van der Waals surface area contributed by atoms with Crippen LogP contribution in [0.2, 0.25) is 5.15 Å². The molecule has 1 saturated heterocycles. The number of hydrogen-bond acceptors (Lipinski definition) is 4. The van der Waals surface area contributed by atoms with Crippen LogP contribution >= 0.6 is 11.6 Å². The van der Waals surface area contributed by atoms with Crippen LogP contribution in [0.15, 0.2) is 12.1 Å². The van der Waals surface area contributed by atoms with Crippen molar-refractivity contribution in [2.45, 2.75) is 25.9 Å². The molecule has 1 aliphatic rings. The van der Waals surface area contributed by atoms with Gasteiger partial charge in [-0.1, -0.05) is 11.6 Å². The summed E-state index contributed by atoms with van der Waals surface area (Å²) in [5, 5.41) is 11.9. The standard InChI is InChI=1S/C11H17ClN4/c1-11(2)8-16(6-5-13-11)7-9-3-4-10(12)15-14-9/h3-4,13H,5-8H2,1-2H3. The minimum atomic E-state index is 0.179. The van der Waals surface area contributed by atoms with Crippen LogP contribution in [-0.4, -0.2) is 40.3 Å². The molecule has 0 atom stereocenters. The molecule has 4 nitrogen and oxygen atoms in total. The van der Waals surface area contributed by atoms with Gasteiger partial charge in [0.05, 0.1) is 5.69 Å². The lowest BCUT2D eigenvalue weighted by Gasteiger charge is -2.38. The molecule has 0 amide bonds. The highest BCUT2D eigenvalue weighted by Gasteiger charge is 2.25. The fourth-order valence-corrected chi connectivity index (χ4v) is 2.14. The monoisotopic (exact) mass is 240 g/mol. The predicted molar refractivity (Wildman–Crippen MR) is 64.4 cm³/mol. The zero-order valence-electron chi connectivity index (χ0n) is 9.70. The van der Waals surface area contributed by atoms with Crippen LogP contribution in [-0.2, 0) is 6.54 Å². The lowest BCUT2D eigenvalue weighted by atomic mass is 10.0. The van der Waals surface area contributed by atoms with E-state index in [0.717, 1.165) is 31.9 Å². The number of nitrogens with zero attached hydrogens (tertiary/aromatic N) is 3. The summed E-state index contributed by atoms with van der Waals surface area (Å²) in [7, 11) is 0. The lowest BCUT2D eigenvalue weighted by molar-refractivity contribution is 0.146. The molecule has 1 fully saturated rings. The summed E-state index contributed by atoms with van der Waals surface area (Å²) in [5.74, 6) is 0. The average Bonchev–Trinajstić information content (AvgIpc) is 2.20. The summed E-state index contributed by atoms with van der Waals surface area (Å²) < 4.78 is 0. The first-order chi connectivity index (χ1) is 7.55. The first-order valence-electron chi connectivity index (χ1n) is 5.51. The third kappa shape index (κ3) is 3.14. The van der Waals surface area contributed by atoms with E-state index in [2.05, 4.69) is 34.3 Å². The largest absolute Gasteiger partial charge is 0.309 e. The lowest BCUT2D eigenvalue weighted by Crippen LogP contribution is -2.56. The van der Waals surface area contributed by atoms with Crippen LogP contribution in [0.4, 0.5) is 0 Å². The van der Waals surface area contributed by atoms with Crippen molar-refractivity contribution in [3.63, 3.8) is 0 Å². The molecule has 0 unspecified atom stereocenters. The predicted octanol–water partition coefficient (Wildman–Crippen LogP) is 1.31. The van der Waals surface area contributed by atoms with Gasteiger partial charge in [0.1, 0.15) is 0 Å². The molecule has 0 spiro atoms. The van der Waals surface area contributed by atoms with Crippen molar-refractivity contribution in [2.24, 2.45) is 0 Å². The highest BCUT2D eigenvalue weighted by Crippen LogP contribution is 2.12. The van der Waals surface area contributed by atoms with Gasteiger partial charge in [0.2, 0.25) is 0 Å². The molecule has 0 radical (unpaired) electrons. The molecule has 16 heavy (non-hydrogen) atoms. The summed E-state index contributed by atoms with van der Waals surface area (Å²) in [6.45, 7) is 8.37. The van der Waals surface area contributed by atoms with Gasteiger partial charge in [0, 0.05) is 31.7 Å². The minimum absolute atomic E-state index is 0.179. The number of aromatic nitrogens is 2. The van der Waals surface area contributed by atoms with Gasteiger partial charge in [-0.05, 0) is 26.0 Å². The summed E-state index contributed by atoms with van der Waals surface area (Å²) in [6, 6.07) is 3.72. The van der Waals surface area contributed by atoms with E-state index in [0.29, 0.717) is 5.15 Å². The maximum Gasteiger partial charge on any atom is 0.151 e. The van der Waals surface area contributed by atoms with E-state index < -0.39 is 0 Å². The Kier molecular flexibility index (Phi) is 3.42. The fraction of sp³-hybridized carbons (Fsp3) is 0.636. The highest BCUT2D eigenvalue weighted by molar-refractivity contribution is 6.29. The Labute approximate surface area is 101 Å². The molecule has 0 aromatic carbocycles. The molecule has 1 aromatic heterocycles. The molecule has 1 aliphatic heterocycles. The van der Waals surface area contributed by atoms with Crippen molar-refractivity contribution in [1.29, 1.82) is 0 Å². The quantitative estimate of drug-likeness (QED) is 0.847. The highest BCUT2D eigenvalue weighted by atomic mass is 35.5. The van der Waals surface area contributed by atoms with E-state index in [4.69, 9.17) is 11.6 Å². The Morgan fingerprint density at radius 1 is 1.44 bits per heavy atom. The first kappa shape index (κ1) is 11.8. The summed E-state index contributed by atoms with van der Waals surface area (Å²) >= 11 is 5.70. The molecule has 1 aromatic rings. The molecule has 2 heterocycles. The smallest absolute Gasteiger partial charge is 0.151 e. The van der Waals surface area contributed by atoms with E-state index in [-0.39, 0.29) is 5.54 Å². The van der Waals surface area contributed by atoms with Gasteiger partial charge in [0.25, 0.3) is 0 Å². The fourth-order valence-electron chi connectivity index (χ4n) is 2.04. The molecule has 1 N–H and O–H groups in total. The van der Waals surface area contributed by atoms with Crippen molar-refractivity contribution in [1.82, 2.24) is 20.4 Å². The van der Waals surface area contributed by atoms with E-state index in [1.54, 1.807) is 6.07 Å². The summed E-state index contributed by atoms with van der Waals surface area (Å²) in [5.41, 5.74) is 1.15. The van der Waals surface area contributed by atoms with Crippen molar-refractivity contribution < 1.29 is 0 Å². The molecule has 88 valence electrons. The number of rotatable bonds is 2. The zero-order chi connectivity index (χ0) is 11.6. The van der Waals surface area contributed by atoms with E-state index in [1.807, 2.05) is 6.07 Å². The molecule has 2 rings (SSSR count).